The third-order valence-corrected chi connectivity index (χ3v) is 2.13. The third-order valence-electron chi connectivity index (χ3n) is 2.13. The van der Waals surface area contributed by atoms with Crippen molar-refractivity contribution in [3.8, 4) is 0 Å². The number of alkyl halides is 5. The van der Waals surface area contributed by atoms with E-state index in [-0.39, 0.29) is 0 Å². The Bertz CT molecular complexity index is 555. The van der Waals surface area contributed by atoms with Gasteiger partial charge in [0.05, 0.1) is 5.56 Å². The molecule has 0 saturated carbocycles. The highest BCUT2D eigenvalue weighted by Crippen LogP contribution is 2.36. The summed E-state index contributed by atoms with van der Waals surface area (Å²) in [7, 11) is 0. The van der Waals surface area contributed by atoms with Crippen molar-refractivity contribution in [1.29, 1.82) is 0 Å². The maximum atomic E-state index is 13.0. The number of halogens is 6. The molecule has 0 aromatic heterocycles. The molecule has 1 aromatic rings. The molecule has 0 aliphatic rings. The van der Waals surface area contributed by atoms with Crippen LogP contribution < -0.4 is 11.1 Å². The Balaban J connectivity index is 3.03. The molecule has 0 atom stereocenters. The molecule has 0 aliphatic carbocycles. The number of carbonyl (C=O) groups excluding carboxylic acids is 2. The average Bonchev–Trinajstić information content (AvgIpc) is 2.29. The Morgan fingerprint density at radius 3 is 2.10 bits per heavy atom. The van der Waals surface area contributed by atoms with Gasteiger partial charge in [0.2, 0.25) is 0 Å². The molecule has 0 spiro atoms. The van der Waals surface area contributed by atoms with E-state index in [0.29, 0.717) is 18.2 Å². The number of amides is 2. The van der Waals surface area contributed by atoms with E-state index in [1.165, 1.54) is 5.32 Å². The standard InChI is InChI=1S/C10H6F6N2O2/c11-6-2-1-4(3-5(6)7(17)19)18-8(20)9(12,13)10(14,15)16/h1-3H,(H2,17,19)(H,18,20). The van der Waals surface area contributed by atoms with E-state index in [9.17, 15) is 35.9 Å². The second kappa shape index (κ2) is 5.02. The van der Waals surface area contributed by atoms with Gasteiger partial charge >= 0.3 is 18.0 Å². The number of carbonyl (C=O) groups is 2. The molecule has 0 fully saturated rings. The van der Waals surface area contributed by atoms with Gasteiger partial charge in [0.1, 0.15) is 5.82 Å². The molecule has 0 aliphatic heterocycles. The Labute approximate surface area is 107 Å². The minimum absolute atomic E-state index is 0.544. The normalized spacial score (nSPS) is 12.1. The maximum absolute atomic E-state index is 13.0. The van der Waals surface area contributed by atoms with Crippen LogP contribution in [-0.2, 0) is 4.79 Å². The summed E-state index contributed by atoms with van der Waals surface area (Å²) in [5.74, 6) is -10.7. The van der Waals surface area contributed by atoms with Crippen LogP contribution in [0.2, 0.25) is 0 Å². The SMILES string of the molecule is NC(=O)c1cc(NC(=O)C(F)(F)C(F)(F)F)ccc1F. The Kier molecular flexibility index (Phi) is 3.97. The number of nitrogens with two attached hydrogens (primary N) is 1. The van der Waals surface area contributed by atoms with Crippen molar-refractivity contribution in [2.24, 2.45) is 5.73 Å². The zero-order chi connectivity index (χ0) is 15.7. The van der Waals surface area contributed by atoms with Crippen molar-refractivity contribution < 1.29 is 35.9 Å². The lowest BCUT2D eigenvalue weighted by molar-refractivity contribution is -0.267. The van der Waals surface area contributed by atoms with Crippen LogP contribution in [0.4, 0.5) is 32.0 Å². The quantitative estimate of drug-likeness (QED) is 0.839. The number of benzene rings is 1. The molecule has 1 aromatic carbocycles. The lowest BCUT2D eigenvalue weighted by Gasteiger charge is -2.18. The number of rotatable bonds is 3. The van der Waals surface area contributed by atoms with E-state index in [4.69, 9.17) is 5.73 Å². The van der Waals surface area contributed by atoms with Crippen molar-refractivity contribution in [2.45, 2.75) is 12.1 Å². The molecule has 0 radical (unpaired) electrons. The van der Waals surface area contributed by atoms with Gasteiger partial charge < -0.3 is 11.1 Å². The Hall–Kier alpha value is -2.26. The van der Waals surface area contributed by atoms with Crippen LogP contribution >= 0.6 is 0 Å². The fourth-order valence-corrected chi connectivity index (χ4v) is 1.13. The fraction of sp³-hybridized carbons (Fsp3) is 0.200. The second-order valence-corrected chi connectivity index (χ2v) is 3.59. The molecule has 4 nitrogen and oxygen atoms in total. The van der Waals surface area contributed by atoms with Gasteiger partial charge in [-0.1, -0.05) is 0 Å². The molecular formula is C10H6F6N2O2. The summed E-state index contributed by atoms with van der Waals surface area (Å²) in [5.41, 5.74) is 3.35. The predicted octanol–water partition coefficient (Wildman–Crippen LogP) is 2.06. The summed E-state index contributed by atoms with van der Waals surface area (Å²) in [4.78, 5) is 21.6. The van der Waals surface area contributed by atoms with E-state index >= 15 is 0 Å². The molecular weight excluding hydrogens is 294 g/mol. The van der Waals surface area contributed by atoms with Crippen LogP contribution in [0.25, 0.3) is 0 Å². The molecule has 1 rings (SSSR count). The molecule has 10 heteroatoms. The molecule has 0 unspecified atom stereocenters. The van der Waals surface area contributed by atoms with Gasteiger partial charge in [-0.05, 0) is 18.2 Å². The smallest absolute Gasteiger partial charge is 0.366 e. The Morgan fingerprint density at radius 1 is 1.10 bits per heavy atom. The van der Waals surface area contributed by atoms with Gasteiger partial charge in [-0.15, -0.1) is 0 Å². The number of nitrogens with one attached hydrogen (secondary N) is 1. The van der Waals surface area contributed by atoms with Crippen LogP contribution in [0.15, 0.2) is 18.2 Å². The van der Waals surface area contributed by atoms with Gasteiger partial charge in [-0.2, -0.15) is 22.0 Å². The molecule has 0 saturated heterocycles. The number of hydrogen-bond donors (Lipinski definition) is 2. The summed E-state index contributed by atoms with van der Waals surface area (Å²) in [6.07, 6.45) is -6.08. The van der Waals surface area contributed by atoms with Crippen molar-refractivity contribution in [3.05, 3.63) is 29.6 Å². The minimum atomic E-state index is -6.08. The summed E-state index contributed by atoms with van der Waals surface area (Å²) in [5, 5.41) is 1.23. The van der Waals surface area contributed by atoms with E-state index in [2.05, 4.69) is 0 Å². The third kappa shape index (κ3) is 3.00. The average molecular weight is 300 g/mol. The monoisotopic (exact) mass is 300 g/mol. The van der Waals surface area contributed by atoms with Gasteiger partial charge in [0, 0.05) is 5.69 Å². The van der Waals surface area contributed by atoms with Gasteiger partial charge in [-0.25, -0.2) is 4.39 Å². The second-order valence-electron chi connectivity index (χ2n) is 3.59. The van der Waals surface area contributed by atoms with Crippen molar-refractivity contribution in [2.75, 3.05) is 5.32 Å². The topological polar surface area (TPSA) is 72.2 Å². The highest BCUT2D eigenvalue weighted by Gasteiger charge is 2.63. The van der Waals surface area contributed by atoms with Crippen LogP contribution in [-0.4, -0.2) is 23.9 Å². The zero-order valence-electron chi connectivity index (χ0n) is 9.39. The summed E-state index contributed by atoms with van der Waals surface area (Å²) < 4.78 is 74.1. The van der Waals surface area contributed by atoms with Gasteiger partial charge in [0.15, 0.2) is 0 Å². The predicted molar refractivity (Wildman–Crippen MR) is 54.5 cm³/mol. The molecule has 3 N–H and O–H groups in total. The highest BCUT2D eigenvalue weighted by atomic mass is 19.4. The van der Waals surface area contributed by atoms with Crippen LogP contribution in [0.3, 0.4) is 0 Å². The summed E-state index contributed by atoms with van der Waals surface area (Å²) >= 11 is 0. The molecule has 110 valence electrons. The first kappa shape index (κ1) is 15.8. The fourth-order valence-electron chi connectivity index (χ4n) is 1.13. The van der Waals surface area contributed by atoms with Gasteiger partial charge in [0.25, 0.3) is 5.91 Å². The lowest BCUT2D eigenvalue weighted by atomic mass is 10.1. The molecule has 2 amide bonds. The van der Waals surface area contributed by atoms with Crippen molar-refractivity contribution in [3.63, 3.8) is 0 Å². The van der Waals surface area contributed by atoms with Crippen molar-refractivity contribution >= 4 is 17.5 Å². The van der Waals surface area contributed by atoms with E-state index in [0.717, 1.165) is 0 Å². The van der Waals surface area contributed by atoms with Crippen molar-refractivity contribution in [1.82, 2.24) is 0 Å². The van der Waals surface area contributed by atoms with E-state index in [1.54, 1.807) is 0 Å². The maximum Gasteiger partial charge on any atom is 0.463 e. The van der Waals surface area contributed by atoms with Gasteiger partial charge in [-0.3, -0.25) is 9.59 Å². The van der Waals surface area contributed by atoms with Crippen LogP contribution in [0, 0.1) is 5.82 Å². The highest BCUT2D eigenvalue weighted by molar-refractivity contribution is 5.99. The van der Waals surface area contributed by atoms with E-state index < -0.39 is 41.0 Å². The lowest BCUT2D eigenvalue weighted by Crippen LogP contribution is -2.47. The first-order valence-corrected chi connectivity index (χ1v) is 4.82. The zero-order valence-corrected chi connectivity index (χ0v) is 9.39. The molecule has 20 heavy (non-hydrogen) atoms. The number of hydrogen-bond acceptors (Lipinski definition) is 2. The largest absolute Gasteiger partial charge is 0.463 e. The van der Waals surface area contributed by atoms with Crippen LogP contribution in [0.1, 0.15) is 10.4 Å². The first-order chi connectivity index (χ1) is 8.96. The first-order valence-electron chi connectivity index (χ1n) is 4.82. The Morgan fingerprint density at radius 2 is 1.65 bits per heavy atom. The van der Waals surface area contributed by atoms with Crippen LogP contribution in [0.5, 0.6) is 0 Å². The number of anilines is 1. The minimum Gasteiger partial charge on any atom is -0.366 e. The summed E-state index contributed by atoms with van der Waals surface area (Å²) in [6, 6.07) is 1.83. The number of primary amides is 1. The molecule has 0 heterocycles. The van der Waals surface area contributed by atoms with E-state index in [1.807, 2.05) is 0 Å². The summed E-state index contributed by atoms with van der Waals surface area (Å²) in [6.45, 7) is 0. The molecule has 0 bridgehead atoms.